The Morgan fingerprint density at radius 2 is 1.71 bits per heavy atom. The van der Waals surface area contributed by atoms with E-state index in [1.54, 1.807) is 6.07 Å². The molecule has 0 fully saturated rings. The quantitative estimate of drug-likeness (QED) is 0.780. The van der Waals surface area contributed by atoms with Crippen molar-refractivity contribution in [3.05, 3.63) is 65.6 Å². The second-order valence-corrected chi connectivity index (χ2v) is 5.07. The number of nitrogens with one attached hydrogen (secondary N) is 1. The first kappa shape index (κ1) is 13.5. The Morgan fingerprint density at radius 1 is 1.00 bits per heavy atom. The molecule has 1 heterocycles. The number of rotatable bonds is 3. The minimum Gasteiger partial charge on any atom is -0.362 e. The molecule has 3 aromatic rings. The molecule has 0 aliphatic carbocycles. The van der Waals surface area contributed by atoms with Gasteiger partial charge < -0.3 is 5.32 Å². The van der Waals surface area contributed by atoms with Crippen molar-refractivity contribution in [1.82, 2.24) is 9.97 Å². The van der Waals surface area contributed by atoms with Crippen LogP contribution in [0.15, 0.2) is 48.5 Å². The number of aryl methyl sites for hydroxylation is 1. The van der Waals surface area contributed by atoms with Gasteiger partial charge in [-0.1, -0.05) is 24.3 Å². The van der Waals surface area contributed by atoms with Crippen molar-refractivity contribution < 1.29 is 4.39 Å². The molecule has 0 saturated carbocycles. The number of anilines is 1. The van der Waals surface area contributed by atoms with Crippen molar-refractivity contribution in [2.24, 2.45) is 0 Å². The molecule has 106 valence electrons. The minimum atomic E-state index is -0.234. The zero-order valence-electron chi connectivity index (χ0n) is 12.0. The lowest BCUT2D eigenvalue weighted by molar-refractivity contribution is 0.623. The van der Waals surface area contributed by atoms with Crippen LogP contribution in [0.4, 0.5) is 10.2 Å². The van der Waals surface area contributed by atoms with Crippen LogP contribution in [0, 0.1) is 12.7 Å². The molecule has 3 nitrogen and oxygen atoms in total. The molecule has 21 heavy (non-hydrogen) atoms. The fourth-order valence-electron chi connectivity index (χ4n) is 2.29. The molecule has 0 radical (unpaired) electrons. The first-order valence-electron chi connectivity index (χ1n) is 6.89. The van der Waals surface area contributed by atoms with E-state index in [2.05, 4.69) is 15.3 Å². The van der Waals surface area contributed by atoms with Gasteiger partial charge >= 0.3 is 0 Å². The summed E-state index contributed by atoms with van der Waals surface area (Å²) in [5, 5.41) is 3.31. The van der Waals surface area contributed by atoms with Crippen LogP contribution >= 0.6 is 0 Å². The average Bonchev–Trinajstić information content (AvgIpc) is 2.48. The third-order valence-corrected chi connectivity index (χ3v) is 3.45. The molecule has 0 amide bonds. The number of para-hydroxylation sites is 2. The highest BCUT2D eigenvalue weighted by molar-refractivity contribution is 5.76. The zero-order valence-corrected chi connectivity index (χ0v) is 12.0. The number of fused-ring (bicyclic) bond motifs is 1. The SMILES string of the molecule is Cc1nc2ccccc2nc1NC(C)c1cccc(F)c1. The van der Waals surface area contributed by atoms with Gasteiger partial charge in [-0.3, -0.25) is 0 Å². The average molecular weight is 281 g/mol. The number of hydrogen-bond acceptors (Lipinski definition) is 3. The molecule has 1 N–H and O–H groups in total. The smallest absolute Gasteiger partial charge is 0.148 e. The Balaban J connectivity index is 1.92. The second-order valence-electron chi connectivity index (χ2n) is 5.07. The standard InChI is InChI=1S/C17H16FN3/c1-11(13-6-5-7-14(18)10-13)20-17-12(2)19-15-8-3-4-9-16(15)21-17/h3-11H,1-2H3,(H,20,21). The van der Waals surface area contributed by atoms with Crippen LogP contribution in [0.2, 0.25) is 0 Å². The maximum atomic E-state index is 13.3. The highest BCUT2D eigenvalue weighted by Gasteiger charge is 2.10. The van der Waals surface area contributed by atoms with E-state index in [0.29, 0.717) is 0 Å². The molecule has 3 rings (SSSR count). The van der Waals surface area contributed by atoms with Gasteiger partial charge in [0.05, 0.1) is 22.8 Å². The van der Waals surface area contributed by atoms with E-state index >= 15 is 0 Å². The van der Waals surface area contributed by atoms with Gasteiger partial charge in [0.1, 0.15) is 11.6 Å². The monoisotopic (exact) mass is 281 g/mol. The minimum absolute atomic E-state index is 0.0464. The van der Waals surface area contributed by atoms with E-state index in [9.17, 15) is 4.39 Å². The molecule has 0 spiro atoms. The van der Waals surface area contributed by atoms with Crippen LogP contribution in [0.25, 0.3) is 11.0 Å². The first-order chi connectivity index (χ1) is 10.1. The molecule has 1 unspecified atom stereocenters. The van der Waals surface area contributed by atoms with Gasteiger partial charge in [-0.2, -0.15) is 0 Å². The number of hydrogen-bond donors (Lipinski definition) is 1. The number of aromatic nitrogens is 2. The lowest BCUT2D eigenvalue weighted by atomic mass is 10.1. The Bertz CT molecular complexity index is 786. The van der Waals surface area contributed by atoms with Crippen LogP contribution in [-0.2, 0) is 0 Å². The number of nitrogens with zero attached hydrogens (tertiary/aromatic N) is 2. The van der Waals surface area contributed by atoms with Crippen molar-refractivity contribution >= 4 is 16.9 Å². The van der Waals surface area contributed by atoms with Gasteiger partial charge in [0.2, 0.25) is 0 Å². The van der Waals surface area contributed by atoms with E-state index in [1.807, 2.05) is 44.2 Å². The summed E-state index contributed by atoms with van der Waals surface area (Å²) in [7, 11) is 0. The summed E-state index contributed by atoms with van der Waals surface area (Å²) in [6, 6.07) is 14.3. The lowest BCUT2D eigenvalue weighted by Gasteiger charge is -2.16. The molecule has 0 saturated heterocycles. The van der Waals surface area contributed by atoms with E-state index in [-0.39, 0.29) is 11.9 Å². The van der Waals surface area contributed by atoms with Crippen LogP contribution in [-0.4, -0.2) is 9.97 Å². The van der Waals surface area contributed by atoms with Crippen molar-refractivity contribution in [3.8, 4) is 0 Å². The van der Waals surface area contributed by atoms with E-state index in [1.165, 1.54) is 12.1 Å². The molecule has 2 aromatic carbocycles. The molecular weight excluding hydrogens is 265 g/mol. The van der Waals surface area contributed by atoms with E-state index in [4.69, 9.17) is 0 Å². The van der Waals surface area contributed by atoms with Gasteiger partial charge in [-0.25, -0.2) is 14.4 Å². The largest absolute Gasteiger partial charge is 0.362 e. The van der Waals surface area contributed by atoms with Crippen molar-refractivity contribution in [1.29, 1.82) is 0 Å². The second kappa shape index (κ2) is 5.48. The fourth-order valence-corrected chi connectivity index (χ4v) is 2.29. The predicted molar refractivity (Wildman–Crippen MR) is 82.7 cm³/mol. The van der Waals surface area contributed by atoms with Gasteiger partial charge in [-0.15, -0.1) is 0 Å². The topological polar surface area (TPSA) is 37.8 Å². The Kier molecular flexibility index (Phi) is 3.52. The Hall–Kier alpha value is -2.49. The predicted octanol–water partition coefficient (Wildman–Crippen LogP) is 4.25. The molecule has 4 heteroatoms. The maximum Gasteiger partial charge on any atom is 0.148 e. The molecule has 0 aliphatic rings. The third kappa shape index (κ3) is 2.84. The summed E-state index contributed by atoms with van der Waals surface area (Å²) in [5.74, 6) is 0.493. The molecule has 0 bridgehead atoms. The van der Waals surface area contributed by atoms with Crippen LogP contribution < -0.4 is 5.32 Å². The van der Waals surface area contributed by atoms with Gasteiger partial charge in [0, 0.05) is 0 Å². The summed E-state index contributed by atoms with van der Waals surface area (Å²) in [6.07, 6.45) is 0. The Morgan fingerprint density at radius 3 is 2.43 bits per heavy atom. The number of halogens is 1. The summed E-state index contributed by atoms with van der Waals surface area (Å²) >= 11 is 0. The Labute approximate surface area is 122 Å². The molecule has 1 aromatic heterocycles. The summed E-state index contributed by atoms with van der Waals surface area (Å²) in [5.41, 5.74) is 3.43. The van der Waals surface area contributed by atoms with Crippen molar-refractivity contribution in [2.75, 3.05) is 5.32 Å². The fraction of sp³-hybridized carbons (Fsp3) is 0.176. The van der Waals surface area contributed by atoms with Gasteiger partial charge in [-0.05, 0) is 43.7 Å². The molecule has 1 atom stereocenters. The summed E-state index contributed by atoms with van der Waals surface area (Å²) in [4.78, 5) is 9.14. The van der Waals surface area contributed by atoms with E-state index < -0.39 is 0 Å². The lowest BCUT2D eigenvalue weighted by Crippen LogP contribution is -2.10. The summed E-state index contributed by atoms with van der Waals surface area (Å²) < 4.78 is 13.3. The van der Waals surface area contributed by atoms with Gasteiger partial charge in [0.25, 0.3) is 0 Å². The van der Waals surface area contributed by atoms with Crippen LogP contribution in [0.1, 0.15) is 24.2 Å². The van der Waals surface area contributed by atoms with Crippen molar-refractivity contribution in [2.45, 2.75) is 19.9 Å². The number of benzene rings is 2. The highest BCUT2D eigenvalue weighted by atomic mass is 19.1. The van der Waals surface area contributed by atoms with Crippen LogP contribution in [0.3, 0.4) is 0 Å². The molecule has 0 aliphatic heterocycles. The first-order valence-corrected chi connectivity index (χ1v) is 6.89. The molecular formula is C17H16FN3. The van der Waals surface area contributed by atoms with Crippen molar-refractivity contribution in [3.63, 3.8) is 0 Å². The highest BCUT2D eigenvalue weighted by Crippen LogP contribution is 2.22. The zero-order chi connectivity index (χ0) is 14.8. The third-order valence-electron chi connectivity index (χ3n) is 3.45. The van der Waals surface area contributed by atoms with Crippen LogP contribution in [0.5, 0.6) is 0 Å². The normalized spacial score (nSPS) is 12.3. The summed E-state index contributed by atoms with van der Waals surface area (Å²) in [6.45, 7) is 3.89. The maximum absolute atomic E-state index is 13.3. The van der Waals surface area contributed by atoms with Gasteiger partial charge in [0.15, 0.2) is 0 Å². The van der Waals surface area contributed by atoms with E-state index in [0.717, 1.165) is 28.1 Å².